The van der Waals surface area contributed by atoms with Crippen LogP contribution in [0.1, 0.15) is 45.4 Å². The first-order chi connectivity index (χ1) is 15.4. The van der Waals surface area contributed by atoms with Gasteiger partial charge in [-0.2, -0.15) is 4.98 Å². The first-order valence-electron chi connectivity index (χ1n) is 10.8. The fraction of sp³-hybridized carbons (Fsp3) is 0.500. The molecule has 1 saturated heterocycles. The smallest absolute Gasteiger partial charge is 0.326 e. The molecular weight excluding hydrogens is 416 g/mol. The van der Waals surface area contributed by atoms with E-state index >= 15 is 0 Å². The number of imide groups is 1. The monoisotopic (exact) mass is 442 g/mol. The minimum atomic E-state index is -0.890. The van der Waals surface area contributed by atoms with E-state index < -0.39 is 24.1 Å². The van der Waals surface area contributed by atoms with Gasteiger partial charge in [0.25, 0.3) is 11.8 Å². The van der Waals surface area contributed by atoms with Gasteiger partial charge >= 0.3 is 12.0 Å². The van der Waals surface area contributed by atoms with E-state index in [1.165, 1.54) is 0 Å². The van der Waals surface area contributed by atoms with Crippen LogP contribution in [-0.2, 0) is 20.9 Å². The molecule has 2 fully saturated rings. The Morgan fingerprint density at radius 3 is 2.78 bits per heavy atom. The Morgan fingerprint density at radius 1 is 1.28 bits per heavy atom. The Labute approximate surface area is 185 Å². The van der Waals surface area contributed by atoms with Crippen molar-refractivity contribution < 1.29 is 28.4 Å². The maximum absolute atomic E-state index is 12.8. The molecule has 1 aliphatic heterocycles. The summed E-state index contributed by atoms with van der Waals surface area (Å²) < 4.78 is 15.9. The third-order valence-electron chi connectivity index (χ3n) is 5.91. The van der Waals surface area contributed by atoms with E-state index in [-0.39, 0.29) is 18.4 Å². The highest BCUT2D eigenvalue weighted by molar-refractivity contribution is 6.08. The average Bonchev–Trinajstić information content (AvgIpc) is 3.34. The summed E-state index contributed by atoms with van der Waals surface area (Å²) in [6.45, 7) is 3.76. The Bertz CT molecular complexity index is 1010. The number of para-hydroxylation sites is 1. The van der Waals surface area contributed by atoms with Crippen LogP contribution in [0, 0.1) is 5.92 Å². The summed E-state index contributed by atoms with van der Waals surface area (Å²) >= 11 is 0. The number of hydrogen-bond donors (Lipinski definition) is 1. The molecule has 0 radical (unpaired) electrons. The van der Waals surface area contributed by atoms with Crippen LogP contribution in [-0.4, -0.2) is 51.6 Å². The van der Waals surface area contributed by atoms with Gasteiger partial charge in [0.2, 0.25) is 5.82 Å². The van der Waals surface area contributed by atoms with E-state index in [1.54, 1.807) is 12.1 Å². The van der Waals surface area contributed by atoms with Crippen molar-refractivity contribution in [1.29, 1.82) is 0 Å². The van der Waals surface area contributed by atoms with Gasteiger partial charge in [-0.05, 0) is 50.7 Å². The number of nitrogens with zero attached hydrogens (tertiary/aromatic N) is 3. The summed E-state index contributed by atoms with van der Waals surface area (Å²) in [6.07, 6.45) is 2.88. The van der Waals surface area contributed by atoms with Crippen molar-refractivity contribution in [3.05, 3.63) is 30.2 Å². The summed E-state index contributed by atoms with van der Waals surface area (Å²) in [7, 11) is 0. The predicted octanol–water partition coefficient (Wildman–Crippen LogP) is 2.68. The van der Waals surface area contributed by atoms with Crippen molar-refractivity contribution >= 4 is 17.9 Å². The van der Waals surface area contributed by atoms with E-state index in [2.05, 4.69) is 22.4 Å². The first kappa shape index (κ1) is 21.8. The molecule has 2 aromatic rings. The number of benzene rings is 1. The molecule has 0 atom stereocenters. The molecule has 4 rings (SSSR count). The van der Waals surface area contributed by atoms with Crippen LogP contribution in [0.2, 0.25) is 0 Å². The molecule has 1 aliphatic carbocycles. The molecule has 1 N–H and O–H groups in total. The van der Waals surface area contributed by atoms with Crippen LogP contribution < -0.4 is 10.1 Å². The zero-order chi connectivity index (χ0) is 22.7. The third-order valence-corrected chi connectivity index (χ3v) is 5.91. The van der Waals surface area contributed by atoms with Crippen LogP contribution in [0.25, 0.3) is 11.4 Å². The lowest BCUT2D eigenvalue weighted by Gasteiger charge is -2.33. The van der Waals surface area contributed by atoms with Crippen molar-refractivity contribution in [3.8, 4) is 17.1 Å². The quantitative estimate of drug-likeness (QED) is 0.513. The lowest BCUT2D eigenvalue weighted by Crippen LogP contribution is -2.49. The molecule has 1 aromatic heterocycles. The van der Waals surface area contributed by atoms with Gasteiger partial charge in [-0.15, -0.1) is 0 Å². The standard InChI is InChI=1S/C22H26N4O6/c1-3-30-16-7-5-4-6-15(16)19-23-17(32-25-19)13-31-18(27)12-26-20(28)22(24-21(26)29)10-8-14(2)9-11-22/h4-7,14H,3,8-13H2,1-2H3,(H,24,29). The van der Waals surface area contributed by atoms with Crippen molar-refractivity contribution in [1.82, 2.24) is 20.4 Å². The van der Waals surface area contributed by atoms with Crippen LogP contribution in [0.3, 0.4) is 0 Å². The first-order valence-corrected chi connectivity index (χ1v) is 10.8. The maximum atomic E-state index is 12.8. The Kier molecular flexibility index (Phi) is 6.11. The zero-order valence-electron chi connectivity index (χ0n) is 18.1. The average molecular weight is 442 g/mol. The molecule has 10 heteroatoms. The zero-order valence-corrected chi connectivity index (χ0v) is 18.1. The van der Waals surface area contributed by atoms with Gasteiger partial charge in [0.1, 0.15) is 17.8 Å². The molecule has 1 spiro atoms. The van der Waals surface area contributed by atoms with Crippen molar-refractivity contribution in [2.24, 2.45) is 5.92 Å². The number of urea groups is 1. The van der Waals surface area contributed by atoms with E-state index in [1.807, 2.05) is 19.1 Å². The maximum Gasteiger partial charge on any atom is 0.326 e. The number of amides is 3. The molecule has 10 nitrogen and oxygen atoms in total. The van der Waals surface area contributed by atoms with Gasteiger partial charge in [0.15, 0.2) is 6.61 Å². The fourth-order valence-corrected chi connectivity index (χ4v) is 4.09. The van der Waals surface area contributed by atoms with Crippen LogP contribution in [0.15, 0.2) is 28.8 Å². The molecule has 2 aliphatic rings. The highest BCUT2D eigenvalue weighted by Crippen LogP contribution is 2.36. The highest BCUT2D eigenvalue weighted by Gasteiger charge is 2.52. The molecule has 170 valence electrons. The summed E-state index contributed by atoms with van der Waals surface area (Å²) in [6, 6.07) is 6.70. The molecular formula is C22H26N4O6. The van der Waals surface area contributed by atoms with Gasteiger partial charge in [0, 0.05) is 0 Å². The Balaban J connectivity index is 1.34. The van der Waals surface area contributed by atoms with Gasteiger partial charge in [-0.3, -0.25) is 14.5 Å². The Hall–Kier alpha value is -3.43. The van der Waals surface area contributed by atoms with E-state index in [0.717, 1.165) is 17.7 Å². The predicted molar refractivity (Wildman–Crippen MR) is 111 cm³/mol. The largest absolute Gasteiger partial charge is 0.493 e. The number of ether oxygens (including phenoxy) is 2. The number of hydrogen-bond acceptors (Lipinski definition) is 8. The van der Waals surface area contributed by atoms with Gasteiger partial charge in [-0.25, -0.2) is 4.79 Å². The number of aromatic nitrogens is 2. The van der Waals surface area contributed by atoms with E-state index in [9.17, 15) is 14.4 Å². The SMILES string of the molecule is CCOc1ccccc1-c1noc(COC(=O)CN2C(=O)NC3(CCC(C)CC3)C2=O)n1. The second kappa shape index (κ2) is 8.97. The van der Waals surface area contributed by atoms with E-state index in [0.29, 0.717) is 42.5 Å². The second-order valence-corrected chi connectivity index (χ2v) is 8.19. The number of carbonyl (C=O) groups excluding carboxylic acids is 3. The van der Waals surface area contributed by atoms with Crippen molar-refractivity contribution in [2.45, 2.75) is 51.7 Å². The topological polar surface area (TPSA) is 124 Å². The number of carbonyl (C=O) groups is 3. The summed E-state index contributed by atoms with van der Waals surface area (Å²) in [5.74, 6) is 0.438. The lowest BCUT2D eigenvalue weighted by atomic mass is 9.77. The summed E-state index contributed by atoms with van der Waals surface area (Å²) in [5, 5.41) is 6.69. The van der Waals surface area contributed by atoms with Crippen LogP contribution in [0.5, 0.6) is 5.75 Å². The van der Waals surface area contributed by atoms with Gasteiger partial charge in [-0.1, -0.05) is 24.2 Å². The molecule has 3 amide bonds. The molecule has 2 heterocycles. The summed E-state index contributed by atoms with van der Waals surface area (Å²) in [4.78, 5) is 42.6. The Morgan fingerprint density at radius 2 is 2.03 bits per heavy atom. The molecule has 1 aromatic carbocycles. The minimum Gasteiger partial charge on any atom is -0.493 e. The van der Waals surface area contributed by atoms with Crippen molar-refractivity contribution in [3.63, 3.8) is 0 Å². The normalized spacial score (nSPS) is 22.8. The minimum absolute atomic E-state index is 0.0922. The van der Waals surface area contributed by atoms with Crippen LogP contribution in [0.4, 0.5) is 4.79 Å². The molecule has 0 bridgehead atoms. The van der Waals surface area contributed by atoms with E-state index in [4.69, 9.17) is 14.0 Å². The second-order valence-electron chi connectivity index (χ2n) is 8.19. The van der Waals surface area contributed by atoms with Crippen molar-refractivity contribution in [2.75, 3.05) is 13.2 Å². The number of rotatable bonds is 7. The number of nitrogens with one attached hydrogen (secondary N) is 1. The van der Waals surface area contributed by atoms with Gasteiger partial charge < -0.3 is 19.3 Å². The third kappa shape index (κ3) is 4.30. The fourth-order valence-electron chi connectivity index (χ4n) is 4.09. The molecule has 1 saturated carbocycles. The lowest BCUT2D eigenvalue weighted by molar-refractivity contribution is -0.149. The molecule has 0 unspecified atom stereocenters. The van der Waals surface area contributed by atoms with Crippen LogP contribution >= 0.6 is 0 Å². The molecule has 32 heavy (non-hydrogen) atoms. The van der Waals surface area contributed by atoms with Gasteiger partial charge in [0.05, 0.1) is 12.2 Å². The number of esters is 1. The summed E-state index contributed by atoms with van der Waals surface area (Å²) in [5.41, 5.74) is -0.235. The highest BCUT2D eigenvalue weighted by atomic mass is 16.6.